The van der Waals surface area contributed by atoms with Crippen molar-refractivity contribution < 1.29 is 13.9 Å². The van der Waals surface area contributed by atoms with Crippen molar-refractivity contribution in [2.45, 2.75) is 11.2 Å². The fraction of sp³-hybridized carbons (Fsp3) is 0.250. The van der Waals surface area contributed by atoms with Gasteiger partial charge in [0, 0.05) is 16.5 Å². The Morgan fingerprint density at radius 3 is 2.40 bits per heavy atom. The van der Waals surface area contributed by atoms with Crippen LogP contribution in [0.5, 0.6) is 11.5 Å². The van der Waals surface area contributed by atoms with Crippen molar-refractivity contribution in [3.05, 3.63) is 59.4 Å². The first-order valence-electron chi connectivity index (χ1n) is 6.24. The molecule has 20 heavy (non-hydrogen) atoms. The van der Waals surface area contributed by atoms with Crippen molar-refractivity contribution in [3.63, 3.8) is 0 Å². The smallest absolute Gasteiger partial charge is 0.131 e. The van der Waals surface area contributed by atoms with Crippen molar-refractivity contribution in [2.75, 3.05) is 14.2 Å². The lowest BCUT2D eigenvalue weighted by atomic mass is 10.0. The molecular formula is C16H16BrFO2. The van der Waals surface area contributed by atoms with Gasteiger partial charge in [-0.05, 0) is 30.2 Å². The van der Waals surface area contributed by atoms with Crippen molar-refractivity contribution in [1.82, 2.24) is 0 Å². The summed E-state index contributed by atoms with van der Waals surface area (Å²) in [5, 5.41) is 0. The number of methoxy groups -OCH3 is 2. The van der Waals surface area contributed by atoms with Crippen molar-refractivity contribution in [3.8, 4) is 11.5 Å². The quantitative estimate of drug-likeness (QED) is 0.746. The molecule has 0 amide bonds. The first-order chi connectivity index (χ1) is 9.63. The number of alkyl halides is 1. The summed E-state index contributed by atoms with van der Waals surface area (Å²) in [4.78, 5) is -0.0967. The van der Waals surface area contributed by atoms with E-state index < -0.39 is 0 Å². The predicted octanol–water partition coefficient (Wildman–Crippen LogP) is 4.52. The van der Waals surface area contributed by atoms with Crippen LogP contribution < -0.4 is 9.47 Å². The lowest BCUT2D eigenvalue weighted by molar-refractivity contribution is 0.410. The molecule has 0 aliphatic rings. The lowest BCUT2D eigenvalue weighted by Crippen LogP contribution is -1.99. The Labute approximate surface area is 126 Å². The topological polar surface area (TPSA) is 18.5 Å². The Bertz CT molecular complexity index is 586. The highest BCUT2D eigenvalue weighted by molar-refractivity contribution is 9.09. The Morgan fingerprint density at radius 2 is 1.75 bits per heavy atom. The maximum atomic E-state index is 14.0. The summed E-state index contributed by atoms with van der Waals surface area (Å²) in [5.41, 5.74) is 1.70. The van der Waals surface area contributed by atoms with Crippen LogP contribution in [0.3, 0.4) is 0 Å². The van der Waals surface area contributed by atoms with Gasteiger partial charge in [-0.15, -0.1) is 0 Å². The number of halogens is 2. The highest BCUT2D eigenvalue weighted by Gasteiger charge is 2.14. The molecule has 0 saturated carbocycles. The SMILES string of the molecule is COc1cccc(CC(Br)c2ccc(OC)cc2F)c1. The van der Waals surface area contributed by atoms with E-state index in [2.05, 4.69) is 15.9 Å². The second-order valence-electron chi connectivity index (χ2n) is 4.41. The van der Waals surface area contributed by atoms with Gasteiger partial charge < -0.3 is 9.47 Å². The Balaban J connectivity index is 2.16. The van der Waals surface area contributed by atoms with Crippen LogP contribution in [0.4, 0.5) is 4.39 Å². The van der Waals surface area contributed by atoms with Crippen LogP contribution >= 0.6 is 15.9 Å². The van der Waals surface area contributed by atoms with Crippen LogP contribution in [0, 0.1) is 5.82 Å². The second-order valence-corrected chi connectivity index (χ2v) is 5.52. The minimum atomic E-state index is -0.269. The molecule has 0 saturated heterocycles. The summed E-state index contributed by atoms with van der Waals surface area (Å²) in [6.07, 6.45) is 0.681. The van der Waals surface area contributed by atoms with Gasteiger partial charge in [0.1, 0.15) is 17.3 Å². The average Bonchev–Trinajstić information content (AvgIpc) is 2.47. The number of hydrogen-bond donors (Lipinski definition) is 0. The van der Waals surface area contributed by atoms with E-state index in [4.69, 9.17) is 9.47 Å². The third-order valence-corrected chi connectivity index (χ3v) is 3.91. The minimum absolute atomic E-state index is 0.0967. The lowest BCUT2D eigenvalue weighted by Gasteiger charge is -2.13. The van der Waals surface area contributed by atoms with Gasteiger partial charge in [-0.1, -0.05) is 34.1 Å². The summed E-state index contributed by atoms with van der Waals surface area (Å²) in [6, 6.07) is 12.7. The molecule has 0 aliphatic carbocycles. The zero-order chi connectivity index (χ0) is 14.5. The fourth-order valence-electron chi connectivity index (χ4n) is 2.01. The Morgan fingerprint density at radius 1 is 1.05 bits per heavy atom. The first kappa shape index (κ1) is 14.9. The largest absolute Gasteiger partial charge is 0.497 e. The van der Waals surface area contributed by atoms with E-state index in [0.29, 0.717) is 17.7 Å². The van der Waals surface area contributed by atoms with Gasteiger partial charge in [0.15, 0.2) is 0 Å². The number of ether oxygens (including phenoxy) is 2. The molecule has 0 bridgehead atoms. The maximum Gasteiger partial charge on any atom is 0.131 e. The monoisotopic (exact) mass is 338 g/mol. The minimum Gasteiger partial charge on any atom is -0.497 e. The number of benzene rings is 2. The van der Waals surface area contributed by atoms with Crippen LogP contribution in [0.2, 0.25) is 0 Å². The summed E-state index contributed by atoms with van der Waals surface area (Å²) in [5.74, 6) is 1.05. The highest BCUT2D eigenvalue weighted by Crippen LogP contribution is 2.31. The van der Waals surface area contributed by atoms with E-state index in [9.17, 15) is 4.39 Å². The molecule has 0 fully saturated rings. The van der Waals surface area contributed by atoms with E-state index in [-0.39, 0.29) is 10.6 Å². The third kappa shape index (κ3) is 3.51. The Kier molecular flexibility index (Phi) is 5.01. The summed E-state index contributed by atoms with van der Waals surface area (Å²) in [7, 11) is 3.16. The average molecular weight is 339 g/mol. The summed E-state index contributed by atoms with van der Waals surface area (Å²) >= 11 is 3.54. The predicted molar refractivity (Wildman–Crippen MR) is 81.3 cm³/mol. The summed E-state index contributed by atoms with van der Waals surface area (Å²) in [6.45, 7) is 0. The first-order valence-corrected chi connectivity index (χ1v) is 7.16. The van der Waals surface area contributed by atoms with Crippen molar-refractivity contribution >= 4 is 15.9 Å². The van der Waals surface area contributed by atoms with Crippen LogP contribution in [0.15, 0.2) is 42.5 Å². The standard InChI is InChI=1S/C16H16BrFO2/c1-19-12-5-3-4-11(8-12)9-15(17)14-7-6-13(20-2)10-16(14)18/h3-8,10,15H,9H2,1-2H3. The molecule has 0 spiro atoms. The molecule has 0 radical (unpaired) electrons. The van der Waals surface area contributed by atoms with Gasteiger partial charge in [0.25, 0.3) is 0 Å². The maximum absolute atomic E-state index is 14.0. The molecule has 2 rings (SSSR count). The van der Waals surface area contributed by atoms with Crippen molar-refractivity contribution in [2.24, 2.45) is 0 Å². The molecular weight excluding hydrogens is 323 g/mol. The molecule has 1 unspecified atom stereocenters. The zero-order valence-corrected chi connectivity index (χ0v) is 13.0. The normalized spacial score (nSPS) is 12.0. The molecule has 0 aliphatic heterocycles. The van der Waals surface area contributed by atoms with E-state index in [1.165, 1.54) is 13.2 Å². The second kappa shape index (κ2) is 6.75. The van der Waals surface area contributed by atoms with E-state index in [1.807, 2.05) is 24.3 Å². The van der Waals surface area contributed by atoms with E-state index in [1.54, 1.807) is 19.2 Å². The molecule has 2 aromatic carbocycles. The third-order valence-electron chi connectivity index (χ3n) is 3.09. The van der Waals surface area contributed by atoms with Crippen LogP contribution in [0.1, 0.15) is 16.0 Å². The highest BCUT2D eigenvalue weighted by atomic mass is 79.9. The van der Waals surface area contributed by atoms with Gasteiger partial charge in [-0.3, -0.25) is 0 Å². The summed E-state index contributed by atoms with van der Waals surface area (Å²) < 4.78 is 24.2. The van der Waals surface area contributed by atoms with Crippen LogP contribution in [-0.4, -0.2) is 14.2 Å². The molecule has 1 atom stereocenters. The van der Waals surface area contributed by atoms with Gasteiger partial charge in [0.2, 0.25) is 0 Å². The van der Waals surface area contributed by atoms with Crippen LogP contribution in [-0.2, 0) is 6.42 Å². The molecule has 0 heterocycles. The molecule has 106 valence electrons. The van der Waals surface area contributed by atoms with Gasteiger partial charge >= 0.3 is 0 Å². The zero-order valence-electron chi connectivity index (χ0n) is 11.4. The van der Waals surface area contributed by atoms with Crippen molar-refractivity contribution in [1.29, 1.82) is 0 Å². The number of rotatable bonds is 5. The molecule has 2 nitrogen and oxygen atoms in total. The van der Waals surface area contributed by atoms with Gasteiger partial charge in [-0.2, -0.15) is 0 Å². The molecule has 0 aromatic heterocycles. The molecule has 4 heteroatoms. The van der Waals surface area contributed by atoms with Gasteiger partial charge in [0.05, 0.1) is 14.2 Å². The molecule has 0 N–H and O–H groups in total. The van der Waals surface area contributed by atoms with E-state index >= 15 is 0 Å². The fourth-order valence-corrected chi connectivity index (χ4v) is 2.75. The number of hydrogen-bond acceptors (Lipinski definition) is 2. The Hall–Kier alpha value is -1.55. The van der Waals surface area contributed by atoms with Crippen LogP contribution in [0.25, 0.3) is 0 Å². The van der Waals surface area contributed by atoms with E-state index in [0.717, 1.165) is 11.3 Å². The molecule has 2 aromatic rings. The van der Waals surface area contributed by atoms with Gasteiger partial charge in [-0.25, -0.2) is 4.39 Å².